The molecule has 3 nitrogen and oxygen atoms in total. The van der Waals surface area contributed by atoms with Gasteiger partial charge in [-0.15, -0.1) is 0 Å². The van der Waals surface area contributed by atoms with Crippen LogP contribution in [-0.2, 0) is 37.1 Å². The van der Waals surface area contributed by atoms with Crippen molar-refractivity contribution in [2.24, 2.45) is 0 Å². The summed E-state index contributed by atoms with van der Waals surface area (Å²) in [4.78, 5) is 0. The lowest BCUT2D eigenvalue weighted by Crippen LogP contribution is -2.12. The molecule has 70 heavy (non-hydrogen) atoms. The topological polar surface area (TPSA) is 33.6 Å². The summed E-state index contributed by atoms with van der Waals surface area (Å²) < 4.78 is 258. The minimum atomic E-state index is -5.46. The first-order chi connectivity index (χ1) is 32.4. The van der Waals surface area contributed by atoms with Crippen LogP contribution < -0.4 is 0 Å². The first-order valence-corrected chi connectivity index (χ1v) is 19.9. The molecule has 0 aliphatic carbocycles. The van der Waals surface area contributed by atoms with E-state index in [0.29, 0.717) is 60.7 Å². The van der Waals surface area contributed by atoms with Gasteiger partial charge in [-0.1, -0.05) is 24.3 Å². The number of hydrogen-bond donors (Lipinski definition) is 0. The van der Waals surface area contributed by atoms with Crippen molar-refractivity contribution < 1.29 is 79.0 Å². The van der Waals surface area contributed by atoms with Crippen LogP contribution >= 0.6 is 0 Å². The Kier molecular flexibility index (Phi) is 10.6. The van der Waals surface area contributed by atoms with E-state index in [9.17, 15) is 84.3 Å². The van der Waals surface area contributed by atoms with Gasteiger partial charge in [-0.2, -0.15) is 84.3 Å². The van der Waals surface area contributed by atoms with E-state index >= 15 is 0 Å². The molecule has 0 fully saturated rings. The quantitative estimate of drug-likeness (QED) is 0.162. The van der Waals surface area contributed by atoms with Crippen LogP contribution in [0.2, 0.25) is 0 Å². The molecule has 9 aromatic rings. The van der Waals surface area contributed by atoms with Gasteiger partial charge >= 0.3 is 37.1 Å². The van der Waals surface area contributed by atoms with Crippen molar-refractivity contribution in [3.63, 3.8) is 0 Å². The Morgan fingerprint density at radius 3 is 0.971 bits per heavy atom. The van der Waals surface area contributed by atoms with Crippen LogP contribution in [0.1, 0.15) is 38.9 Å². The van der Waals surface area contributed by atoms with Crippen LogP contribution in [0.5, 0.6) is 0 Å². The highest BCUT2D eigenvalue weighted by molar-refractivity contribution is 6.12. The Bertz CT molecular complexity index is 3500. The fraction of sp³-hybridized carbons (Fsp3) is 0.122. The van der Waals surface area contributed by atoms with E-state index < -0.39 is 92.3 Å². The molecule has 0 unspecified atom stereocenters. The van der Waals surface area contributed by atoms with Crippen molar-refractivity contribution in [3.8, 4) is 39.7 Å². The highest BCUT2D eigenvalue weighted by Gasteiger charge is 2.40. The van der Waals surface area contributed by atoms with Gasteiger partial charge in [-0.3, -0.25) is 0 Å². The number of alkyl halides is 18. The van der Waals surface area contributed by atoms with E-state index in [4.69, 9.17) is 0 Å². The Labute approximate surface area is 379 Å². The third-order valence-electron chi connectivity index (χ3n) is 11.7. The molecule has 0 radical (unpaired) electrons. The zero-order chi connectivity index (χ0) is 50.8. The molecule has 9 rings (SSSR count). The SMILES string of the molecule is N#Cc1ccc(-c2ccc(-c3ccc(C(F)(F)F)cc3C(F)(F)F)cc2-n2c3ccc(C(F)(F)F)cc3c3cc(C(F)(F)F)ccc32)c(-n2c3ccc(C(F)(F)F)cc3c3cc(C(F)(F)F)ccc32)c1. The molecule has 0 aliphatic heterocycles. The molecule has 0 bridgehead atoms. The second-order valence-corrected chi connectivity index (χ2v) is 15.9. The van der Waals surface area contributed by atoms with Gasteiger partial charge in [0.1, 0.15) is 0 Å². The summed E-state index contributed by atoms with van der Waals surface area (Å²) in [7, 11) is 0. The molecule has 0 saturated carbocycles. The highest BCUT2D eigenvalue weighted by Crippen LogP contribution is 2.48. The molecular weight excluding hydrogens is 973 g/mol. The van der Waals surface area contributed by atoms with Crippen molar-refractivity contribution in [1.82, 2.24) is 9.13 Å². The number of halogens is 18. The van der Waals surface area contributed by atoms with Crippen LogP contribution in [0.3, 0.4) is 0 Å². The van der Waals surface area contributed by atoms with Crippen molar-refractivity contribution in [2.75, 3.05) is 0 Å². The molecule has 0 amide bonds. The Balaban J connectivity index is 1.44. The van der Waals surface area contributed by atoms with Gasteiger partial charge in [-0.05, 0) is 114 Å². The Morgan fingerprint density at radius 1 is 0.314 bits per heavy atom. The summed E-state index contributed by atoms with van der Waals surface area (Å²) in [5, 5.41) is 8.43. The molecule has 0 saturated heterocycles. The van der Waals surface area contributed by atoms with Gasteiger partial charge in [0.25, 0.3) is 0 Å². The Morgan fingerprint density at radius 2 is 0.629 bits per heavy atom. The van der Waals surface area contributed by atoms with Crippen LogP contribution in [0.25, 0.3) is 77.2 Å². The predicted molar refractivity (Wildman–Crippen MR) is 221 cm³/mol. The molecule has 0 atom stereocenters. The average Bonchev–Trinajstić information content (AvgIpc) is 3.78. The van der Waals surface area contributed by atoms with Gasteiger partial charge in [0.05, 0.1) is 78.5 Å². The van der Waals surface area contributed by atoms with Crippen molar-refractivity contribution in [1.29, 1.82) is 5.26 Å². The maximum atomic E-state index is 14.7. The van der Waals surface area contributed by atoms with Gasteiger partial charge in [0.15, 0.2) is 0 Å². The lowest BCUT2D eigenvalue weighted by molar-refractivity contribution is -0.143. The summed E-state index contributed by atoms with van der Waals surface area (Å²) in [5.74, 6) is 0. The van der Waals surface area contributed by atoms with Crippen molar-refractivity contribution in [2.45, 2.75) is 37.1 Å². The fourth-order valence-electron chi connectivity index (χ4n) is 8.60. The third-order valence-corrected chi connectivity index (χ3v) is 11.7. The molecule has 0 N–H and O–H groups in total. The first-order valence-electron chi connectivity index (χ1n) is 19.9. The van der Waals surface area contributed by atoms with Gasteiger partial charge in [0, 0.05) is 32.7 Å². The smallest absolute Gasteiger partial charge is 0.309 e. The third kappa shape index (κ3) is 8.17. The van der Waals surface area contributed by atoms with Gasteiger partial charge in [0.2, 0.25) is 0 Å². The average molecular weight is 994 g/mol. The van der Waals surface area contributed by atoms with E-state index in [1.54, 1.807) is 0 Å². The molecule has 2 heterocycles. The number of hydrogen-bond acceptors (Lipinski definition) is 1. The van der Waals surface area contributed by atoms with Gasteiger partial charge < -0.3 is 9.13 Å². The van der Waals surface area contributed by atoms with E-state index in [1.165, 1.54) is 16.7 Å². The van der Waals surface area contributed by atoms with Crippen LogP contribution in [0.4, 0.5) is 79.0 Å². The van der Waals surface area contributed by atoms with E-state index in [0.717, 1.165) is 53.1 Å². The largest absolute Gasteiger partial charge is 0.417 e. The lowest BCUT2D eigenvalue weighted by Gasteiger charge is -2.21. The van der Waals surface area contributed by atoms with Crippen LogP contribution in [0.15, 0.2) is 127 Å². The number of rotatable bonds is 4. The molecule has 0 aliphatic rings. The minimum absolute atomic E-state index is 0.114. The molecule has 358 valence electrons. The van der Waals surface area contributed by atoms with Gasteiger partial charge in [-0.25, -0.2) is 0 Å². The van der Waals surface area contributed by atoms with Crippen molar-refractivity contribution in [3.05, 3.63) is 166 Å². The summed E-state index contributed by atoms with van der Waals surface area (Å²) in [6.45, 7) is 0. The number of nitrogens with zero attached hydrogens (tertiary/aromatic N) is 3. The number of nitriles is 1. The second-order valence-electron chi connectivity index (χ2n) is 15.9. The van der Waals surface area contributed by atoms with E-state index in [2.05, 4.69) is 0 Å². The number of aromatic nitrogens is 2. The molecular formula is C49H21F18N3. The minimum Gasteiger partial charge on any atom is -0.309 e. The van der Waals surface area contributed by atoms with Crippen LogP contribution in [-0.4, -0.2) is 9.13 Å². The van der Waals surface area contributed by atoms with Crippen LogP contribution in [0, 0.1) is 11.3 Å². The summed E-state index contributed by atoms with van der Waals surface area (Å²) >= 11 is 0. The number of benzene rings is 7. The molecule has 2 aromatic heterocycles. The lowest BCUT2D eigenvalue weighted by atomic mass is 9.92. The standard InChI is InChI=1S/C49H21F18N3/c50-44(51,52)25-4-11-38-33(17-25)34-18-26(45(53,54)55)5-12-39(34)69(38)42-15-23(22-68)1-8-31(42)32-9-2-24(30-10-3-29(48(62,63)64)21-37(30)49(65,66)67)16-43(32)70-40-13-6-27(46(56,57)58)19-35(40)36-20-28(47(59,60)61)7-14-41(36)70/h1-21H. The summed E-state index contributed by atoms with van der Waals surface area (Å²) in [6, 6.07) is 17.5. The predicted octanol–water partition coefficient (Wildman–Crippen LogP) is 17.2. The first kappa shape index (κ1) is 47.4. The molecule has 7 aromatic carbocycles. The summed E-state index contributed by atoms with van der Waals surface area (Å²) in [5.41, 5.74) is -11.9. The second kappa shape index (κ2) is 15.7. The normalized spacial score (nSPS) is 13.3. The maximum absolute atomic E-state index is 14.7. The zero-order valence-corrected chi connectivity index (χ0v) is 34.3. The maximum Gasteiger partial charge on any atom is 0.417 e. The zero-order valence-electron chi connectivity index (χ0n) is 34.3. The Hall–Kier alpha value is -7.63. The molecule has 21 heteroatoms. The fourth-order valence-corrected chi connectivity index (χ4v) is 8.60. The highest BCUT2D eigenvalue weighted by atomic mass is 19.4. The summed E-state index contributed by atoms with van der Waals surface area (Å²) in [6.07, 6.45) is -30.9. The number of fused-ring (bicyclic) bond motifs is 6. The van der Waals surface area contributed by atoms with E-state index in [-0.39, 0.29) is 67.0 Å². The van der Waals surface area contributed by atoms with E-state index in [1.807, 2.05) is 6.07 Å². The molecule has 0 spiro atoms. The monoisotopic (exact) mass is 993 g/mol. The van der Waals surface area contributed by atoms with Crippen molar-refractivity contribution >= 4 is 43.6 Å².